The van der Waals surface area contributed by atoms with Gasteiger partial charge in [-0.2, -0.15) is 0 Å². The van der Waals surface area contributed by atoms with E-state index in [-0.39, 0.29) is 0 Å². The highest BCUT2D eigenvalue weighted by molar-refractivity contribution is 7.90. The third-order valence-electron chi connectivity index (χ3n) is 4.10. The second kappa shape index (κ2) is 6.79. The molecule has 0 bridgehead atoms. The Bertz CT molecular complexity index is 553. The zero-order valence-electron chi connectivity index (χ0n) is 13.1. The van der Waals surface area contributed by atoms with E-state index in [0.717, 1.165) is 25.4 Å². The van der Waals surface area contributed by atoms with Crippen molar-refractivity contribution < 1.29 is 13.2 Å². The van der Waals surface area contributed by atoms with E-state index in [1.165, 1.54) is 12.7 Å². The van der Waals surface area contributed by atoms with Crippen molar-refractivity contribution in [1.82, 2.24) is 4.90 Å². The summed E-state index contributed by atoms with van der Waals surface area (Å²) in [4.78, 5) is 2.82. The van der Waals surface area contributed by atoms with Crippen LogP contribution in [0.2, 0.25) is 0 Å². The molecule has 1 aromatic carbocycles. The standard InChI is InChI=1S/C16H25NO3S/c1-4-9-17-10-13(2)14(11-17)12-20-15-5-7-16(8-6-15)21(3,18)19/h5-8,13-14H,4,9-12H2,1-3H3/t13-,14+/m1/s1. The van der Waals surface area contributed by atoms with Crippen LogP contribution >= 0.6 is 0 Å². The number of ether oxygens (including phenoxy) is 1. The number of nitrogens with zero attached hydrogens (tertiary/aromatic N) is 1. The summed E-state index contributed by atoms with van der Waals surface area (Å²) >= 11 is 0. The number of likely N-dealkylation sites (tertiary alicyclic amines) is 1. The SMILES string of the molecule is CCCN1C[C@@H](COc2ccc(S(C)(=O)=O)cc2)[C@H](C)C1. The van der Waals surface area contributed by atoms with Crippen molar-refractivity contribution in [3.8, 4) is 5.75 Å². The van der Waals surface area contributed by atoms with Gasteiger partial charge in [0.2, 0.25) is 0 Å². The summed E-state index contributed by atoms with van der Waals surface area (Å²) in [6.07, 6.45) is 2.40. The lowest BCUT2D eigenvalue weighted by Crippen LogP contribution is -2.23. The fourth-order valence-corrected chi connectivity index (χ4v) is 3.48. The molecule has 0 N–H and O–H groups in total. The van der Waals surface area contributed by atoms with E-state index in [9.17, 15) is 8.42 Å². The van der Waals surface area contributed by atoms with Gasteiger partial charge in [-0.15, -0.1) is 0 Å². The fourth-order valence-electron chi connectivity index (χ4n) is 2.84. The van der Waals surface area contributed by atoms with Crippen LogP contribution < -0.4 is 4.74 Å². The van der Waals surface area contributed by atoms with Gasteiger partial charge in [0, 0.05) is 25.3 Å². The van der Waals surface area contributed by atoms with Crippen LogP contribution in [0.3, 0.4) is 0 Å². The number of benzene rings is 1. The first-order valence-electron chi connectivity index (χ1n) is 7.55. The molecular formula is C16H25NO3S. The van der Waals surface area contributed by atoms with Gasteiger partial charge in [-0.25, -0.2) is 8.42 Å². The second-order valence-corrected chi connectivity index (χ2v) is 8.07. The van der Waals surface area contributed by atoms with Crippen LogP contribution in [0.4, 0.5) is 0 Å². The Morgan fingerprint density at radius 1 is 1.24 bits per heavy atom. The molecule has 0 unspecified atom stereocenters. The molecule has 1 fully saturated rings. The van der Waals surface area contributed by atoms with E-state index in [2.05, 4.69) is 18.7 Å². The Kier molecular flexibility index (Phi) is 5.27. The number of hydrogen-bond donors (Lipinski definition) is 0. The van der Waals surface area contributed by atoms with Crippen molar-refractivity contribution >= 4 is 9.84 Å². The van der Waals surface area contributed by atoms with E-state index in [4.69, 9.17) is 4.74 Å². The number of hydrogen-bond acceptors (Lipinski definition) is 4. The van der Waals surface area contributed by atoms with Crippen molar-refractivity contribution in [3.05, 3.63) is 24.3 Å². The molecule has 2 atom stereocenters. The monoisotopic (exact) mass is 311 g/mol. The molecule has 1 saturated heterocycles. The molecule has 0 spiro atoms. The lowest BCUT2D eigenvalue weighted by molar-refractivity contribution is 0.225. The third-order valence-corrected chi connectivity index (χ3v) is 5.23. The van der Waals surface area contributed by atoms with Crippen molar-refractivity contribution in [1.29, 1.82) is 0 Å². The molecule has 1 aliphatic rings. The van der Waals surface area contributed by atoms with Crippen LogP contribution in [0.1, 0.15) is 20.3 Å². The molecule has 0 radical (unpaired) electrons. The van der Waals surface area contributed by atoms with Gasteiger partial charge < -0.3 is 9.64 Å². The van der Waals surface area contributed by atoms with Gasteiger partial charge in [-0.05, 0) is 43.1 Å². The summed E-state index contributed by atoms with van der Waals surface area (Å²) in [6, 6.07) is 6.68. The largest absolute Gasteiger partial charge is 0.493 e. The quantitative estimate of drug-likeness (QED) is 0.809. The Labute approximate surface area is 128 Å². The second-order valence-electron chi connectivity index (χ2n) is 6.05. The van der Waals surface area contributed by atoms with Crippen LogP contribution in [0.25, 0.3) is 0 Å². The normalized spacial score (nSPS) is 23.4. The lowest BCUT2D eigenvalue weighted by Gasteiger charge is -2.16. The predicted molar refractivity (Wildman–Crippen MR) is 84.4 cm³/mol. The van der Waals surface area contributed by atoms with Crippen molar-refractivity contribution in [3.63, 3.8) is 0 Å². The van der Waals surface area contributed by atoms with Crippen LogP contribution in [-0.4, -0.2) is 45.8 Å². The zero-order chi connectivity index (χ0) is 15.5. The lowest BCUT2D eigenvalue weighted by atomic mass is 9.99. The molecule has 1 aliphatic heterocycles. The molecule has 5 heteroatoms. The maximum Gasteiger partial charge on any atom is 0.175 e. The molecule has 1 heterocycles. The fraction of sp³-hybridized carbons (Fsp3) is 0.625. The zero-order valence-corrected chi connectivity index (χ0v) is 13.9. The molecule has 21 heavy (non-hydrogen) atoms. The van der Waals surface area contributed by atoms with Crippen molar-refractivity contribution in [2.75, 3.05) is 32.5 Å². The molecule has 0 aromatic heterocycles. The Morgan fingerprint density at radius 3 is 2.48 bits per heavy atom. The summed E-state index contributed by atoms with van der Waals surface area (Å²) in [7, 11) is -3.13. The Balaban J connectivity index is 1.89. The summed E-state index contributed by atoms with van der Waals surface area (Å²) in [5.74, 6) is 1.93. The van der Waals surface area contributed by atoms with E-state index < -0.39 is 9.84 Å². The molecule has 0 aliphatic carbocycles. The summed E-state index contributed by atoms with van der Waals surface area (Å²) in [5, 5.41) is 0. The van der Waals surface area contributed by atoms with E-state index in [1.54, 1.807) is 24.3 Å². The molecule has 0 saturated carbocycles. The highest BCUT2D eigenvalue weighted by Crippen LogP contribution is 2.24. The first-order chi connectivity index (χ1) is 9.90. The van der Waals surface area contributed by atoms with Gasteiger partial charge in [0.15, 0.2) is 9.84 Å². The van der Waals surface area contributed by atoms with Gasteiger partial charge in [0.05, 0.1) is 11.5 Å². The van der Waals surface area contributed by atoms with E-state index in [1.807, 2.05) is 0 Å². The summed E-state index contributed by atoms with van der Waals surface area (Å²) < 4.78 is 28.6. The molecule has 0 amide bonds. The number of rotatable bonds is 6. The minimum absolute atomic E-state index is 0.332. The van der Waals surface area contributed by atoms with Gasteiger partial charge in [-0.1, -0.05) is 13.8 Å². The summed E-state index contributed by atoms with van der Waals surface area (Å²) in [6.45, 7) is 8.57. The van der Waals surface area contributed by atoms with Crippen LogP contribution in [0.5, 0.6) is 5.75 Å². The van der Waals surface area contributed by atoms with E-state index in [0.29, 0.717) is 23.3 Å². The van der Waals surface area contributed by atoms with Crippen LogP contribution in [0, 0.1) is 11.8 Å². The van der Waals surface area contributed by atoms with Gasteiger partial charge in [0.25, 0.3) is 0 Å². The topological polar surface area (TPSA) is 46.6 Å². The van der Waals surface area contributed by atoms with Gasteiger partial charge in [0.1, 0.15) is 5.75 Å². The molecule has 2 rings (SSSR count). The first kappa shape index (κ1) is 16.3. The van der Waals surface area contributed by atoms with Gasteiger partial charge in [-0.3, -0.25) is 0 Å². The van der Waals surface area contributed by atoms with Crippen molar-refractivity contribution in [2.45, 2.75) is 25.2 Å². The third kappa shape index (κ3) is 4.45. The smallest absolute Gasteiger partial charge is 0.175 e. The molecular weight excluding hydrogens is 286 g/mol. The highest BCUT2D eigenvalue weighted by Gasteiger charge is 2.29. The van der Waals surface area contributed by atoms with Crippen LogP contribution in [-0.2, 0) is 9.84 Å². The summed E-state index contributed by atoms with van der Waals surface area (Å²) in [5.41, 5.74) is 0. The van der Waals surface area contributed by atoms with Crippen molar-refractivity contribution in [2.24, 2.45) is 11.8 Å². The number of sulfone groups is 1. The Morgan fingerprint density at radius 2 is 1.90 bits per heavy atom. The highest BCUT2D eigenvalue weighted by atomic mass is 32.2. The van der Waals surface area contributed by atoms with E-state index >= 15 is 0 Å². The minimum Gasteiger partial charge on any atom is -0.493 e. The van der Waals surface area contributed by atoms with Gasteiger partial charge >= 0.3 is 0 Å². The first-order valence-corrected chi connectivity index (χ1v) is 9.44. The maximum atomic E-state index is 11.4. The van der Waals surface area contributed by atoms with Crippen LogP contribution in [0.15, 0.2) is 29.2 Å². The maximum absolute atomic E-state index is 11.4. The average molecular weight is 311 g/mol. The molecule has 118 valence electrons. The average Bonchev–Trinajstić information content (AvgIpc) is 2.76. The molecule has 1 aromatic rings. The molecule has 4 nitrogen and oxygen atoms in total. The Hall–Kier alpha value is -1.07. The minimum atomic E-state index is -3.13. The predicted octanol–water partition coefficient (Wildman–Crippen LogP) is 2.45.